The molecule has 1 rings (SSSR count). The molecule has 0 amide bonds. The smallest absolute Gasteiger partial charge is 0.212 e. The fourth-order valence-corrected chi connectivity index (χ4v) is 1.82. The summed E-state index contributed by atoms with van der Waals surface area (Å²) in [4.78, 5) is 5.15. The van der Waals surface area contributed by atoms with Gasteiger partial charge in [0, 0.05) is 22.7 Å². The van der Waals surface area contributed by atoms with Crippen LogP contribution in [0.25, 0.3) is 20.9 Å². The number of halogens is 1. The largest absolute Gasteiger partial charge is 0.452 e. The first-order chi connectivity index (χ1) is 9.01. The number of nitrogens with one attached hydrogen (secondary N) is 1. The molecule has 0 spiro atoms. The molecule has 1 aliphatic rings. The van der Waals surface area contributed by atoms with Crippen LogP contribution in [-0.4, -0.2) is 37.1 Å². The maximum Gasteiger partial charge on any atom is 0.212 e. The van der Waals surface area contributed by atoms with Crippen LogP contribution in [0.15, 0.2) is 10.2 Å². The molecule has 1 aliphatic heterocycles. The minimum Gasteiger partial charge on any atom is -0.452 e. The summed E-state index contributed by atoms with van der Waals surface area (Å²) >= 11 is 0. The van der Waals surface area contributed by atoms with Gasteiger partial charge in [-0.1, -0.05) is 17.2 Å². The summed E-state index contributed by atoms with van der Waals surface area (Å²) < 4.78 is 24.6. The van der Waals surface area contributed by atoms with Gasteiger partial charge < -0.3 is 9.47 Å². The third-order valence-electron chi connectivity index (χ3n) is 2.81. The third kappa shape index (κ3) is 3.72. The lowest BCUT2D eigenvalue weighted by molar-refractivity contribution is -0.199. The predicted octanol–water partition coefficient (Wildman–Crippen LogP) is 2.69. The highest BCUT2D eigenvalue weighted by Gasteiger charge is 2.45. The summed E-state index contributed by atoms with van der Waals surface area (Å²) in [5, 5.41) is 13.9. The normalized spacial score (nSPS) is 33.7. The van der Waals surface area contributed by atoms with Gasteiger partial charge in [-0.2, -0.15) is 0 Å². The van der Waals surface area contributed by atoms with Gasteiger partial charge in [-0.15, -0.1) is 0 Å². The first kappa shape index (κ1) is 15.0. The average Bonchev–Trinajstić information content (AvgIpc) is 2.36. The van der Waals surface area contributed by atoms with Crippen molar-refractivity contribution in [3.8, 4) is 0 Å². The quantitative estimate of drug-likeness (QED) is 0.276. The average molecular weight is 271 g/mol. The van der Waals surface area contributed by atoms with Crippen LogP contribution < -0.4 is 0 Å². The summed E-state index contributed by atoms with van der Waals surface area (Å²) in [6.45, 7) is 2.86. The van der Waals surface area contributed by atoms with Gasteiger partial charge in [0.1, 0.15) is 12.2 Å². The zero-order chi connectivity index (χ0) is 14.4. The van der Waals surface area contributed by atoms with E-state index in [4.69, 9.17) is 25.9 Å². The van der Waals surface area contributed by atoms with E-state index >= 15 is 0 Å². The van der Waals surface area contributed by atoms with Crippen LogP contribution in [0, 0.1) is 11.3 Å². The lowest BCUT2D eigenvalue weighted by Gasteiger charge is -2.39. The summed E-state index contributed by atoms with van der Waals surface area (Å²) in [7, 11) is 0. The number of rotatable bonds is 4. The highest BCUT2D eigenvalue weighted by Crippen LogP contribution is 2.31. The Bertz CT molecular complexity index is 430. The summed E-state index contributed by atoms with van der Waals surface area (Å²) in [5.74, 6) is -0.806. The molecular formula is C9H14FN7O2. The van der Waals surface area contributed by atoms with Crippen LogP contribution in [0.5, 0.6) is 0 Å². The van der Waals surface area contributed by atoms with Crippen molar-refractivity contribution >= 4 is 5.90 Å². The molecule has 1 N–H and O–H groups in total. The van der Waals surface area contributed by atoms with Crippen molar-refractivity contribution in [3.63, 3.8) is 0 Å². The van der Waals surface area contributed by atoms with E-state index in [0.29, 0.717) is 0 Å². The molecule has 0 aliphatic carbocycles. The van der Waals surface area contributed by atoms with Crippen LogP contribution in [0.4, 0.5) is 4.39 Å². The Labute approximate surface area is 108 Å². The van der Waals surface area contributed by atoms with Crippen molar-refractivity contribution in [3.05, 3.63) is 20.9 Å². The van der Waals surface area contributed by atoms with Crippen LogP contribution in [0.2, 0.25) is 0 Å². The Kier molecular flexibility index (Phi) is 5.37. The molecular weight excluding hydrogens is 257 g/mol. The van der Waals surface area contributed by atoms with Crippen molar-refractivity contribution in [2.45, 2.75) is 38.5 Å². The molecule has 1 saturated heterocycles. The standard InChI is InChI=1S/C9H14FN7O2/c1-4-6(3-14-16-12)19-9(18-5(2)11)8(7(4)10)15-17-13/h4,6-9,11H,3H2,1-2H3. The van der Waals surface area contributed by atoms with Gasteiger partial charge in [0.2, 0.25) is 6.29 Å². The first-order valence-corrected chi connectivity index (χ1v) is 5.57. The van der Waals surface area contributed by atoms with Gasteiger partial charge in [-0.25, -0.2) is 4.39 Å². The highest BCUT2D eigenvalue weighted by atomic mass is 19.1. The van der Waals surface area contributed by atoms with Crippen molar-refractivity contribution in [2.24, 2.45) is 16.1 Å². The van der Waals surface area contributed by atoms with Crippen LogP contribution in [0.1, 0.15) is 13.8 Å². The molecule has 0 bridgehead atoms. The Morgan fingerprint density at radius 1 is 1.47 bits per heavy atom. The minimum atomic E-state index is -1.51. The van der Waals surface area contributed by atoms with Gasteiger partial charge in [-0.05, 0) is 11.1 Å². The SMILES string of the molecule is CC(=N)OC1OC(CN=[N+]=[N-])C(C)C(F)C1N=[N+]=[N-]. The molecule has 0 radical (unpaired) electrons. The Hall–Kier alpha value is -2.02. The molecule has 5 atom stereocenters. The molecule has 1 heterocycles. The lowest BCUT2D eigenvalue weighted by atomic mass is 9.90. The number of alkyl halides is 1. The van der Waals surface area contributed by atoms with Crippen molar-refractivity contribution in [1.82, 2.24) is 0 Å². The fourth-order valence-electron chi connectivity index (χ4n) is 1.82. The van der Waals surface area contributed by atoms with E-state index in [0.717, 1.165) is 0 Å². The third-order valence-corrected chi connectivity index (χ3v) is 2.81. The molecule has 10 heteroatoms. The summed E-state index contributed by atoms with van der Waals surface area (Å²) in [6, 6.07) is -1.18. The highest BCUT2D eigenvalue weighted by molar-refractivity contribution is 5.69. The number of ether oxygens (including phenoxy) is 2. The molecule has 19 heavy (non-hydrogen) atoms. The second kappa shape index (κ2) is 6.79. The van der Waals surface area contributed by atoms with Gasteiger partial charge >= 0.3 is 0 Å². The van der Waals surface area contributed by atoms with Crippen molar-refractivity contribution in [2.75, 3.05) is 6.54 Å². The first-order valence-electron chi connectivity index (χ1n) is 5.57. The molecule has 5 unspecified atom stereocenters. The molecule has 104 valence electrons. The second-order valence-corrected chi connectivity index (χ2v) is 4.13. The van der Waals surface area contributed by atoms with Gasteiger partial charge in [0.15, 0.2) is 5.90 Å². The molecule has 0 aromatic carbocycles. The molecule has 9 nitrogen and oxygen atoms in total. The number of hydrogen-bond acceptors (Lipinski definition) is 5. The van der Waals surface area contributed by atoms with E-state index < -0.39 is 30.5 Å². The van der Waals surface area contributed by atoms with Crippen LogP contribution in [-0.2, 0) is 9.47 Å². The lowest BCUT2D eigenvalue weighted by Crippen LogP contribution is -2.53. The topological polar surface area (TPSA) is 140 Å². The Morgan fingerprint density at radius 3 is 2.68 bits per heavy atom. The van der Waals surface area contributed by atoms with E-state index in [9.17, 15) is 4.39 Å². The van der Waals surface area contributed by atoms with E-state index in [1.807, 2.05) is 0 Å². The number of hydrogen-bond donors (Lipinski definition) is 1. The fraction of sp³-hybridized carbons (Fsp3) is 0.889. The number of nitrogens with zero attached hydrogens (tertiary/aromatic N) is 6. The summed E-state index contributed by atoms with van der Waals surface area (Å²) in [5.41, 5.74) is 16.7. The van der Waals surface area contributed by atoms with Gasteiger partial charge in [0.05, 0.1) is 12.6 Å². The molecule has 0 saturated carbocycles. The Balaban J connectivity index is 2.92. The minimum absolute atomic E-state index is 0.0576. The van der Waals surface area contributed by atoms with Gasteiger partial charge in [0.25, 0.3) is 0 Å². The predicted molar refractivity (Wildman–Crippen MR) is 64.2 cm³/mol. The zero-order valence-corrected chi connectivity index (χ0v) is 10.5. The number of azide groups is 2. The molecule has 0 aromatic rings. The Morgan fingerprint density at radius 2 is 2.16 bits per heavy atom. The van der Waals surface area contributed by atoms with Crippen molar-refractivity contribution < 1.29 is 13.9 Å². The maximum absolute atomic E-state index is 14.2. The van der Waals surface area contributed by atoms with E-state index in [1.165, 1.54) is 6.92 Å². The van der Waals surface area contributed by atoms with E-state index in [1.54, 1.807) is 6.92 Å². The van der Waals surface area contributed by atoms with E-state index in [2.05, 4.69) is 20.1 Å². The zero-order valence-electron chi connectivity index (χ0n) is 10.5. The monoisotopic (exact) mass is 271 g/mol. The van der Waals surface area contributed by atoms with Crippen molar-refractivity contribution in [1.29, 1.82) is 5.41 Å². The second-order valence-electron chi connectivity index (χ2n) is 4.13. The maximum atomic E-state index is 14.2. The molecule has 1 fully saturated rings. The van der Waals surface area contributed by atoms with Gasteiger partial charge in [-0.3, -0.25) is 5.41 Å². The van der Waals surface area contributed by atoms with Crippen LogP contribution >= 0.6 is 0 Å². The summed E-state index contributed by atoms with van der Waals surface area (Å²) in [6.07, 6.45) is -3.40. The van der Waals surface area contributed by atoms with E-state index in [-0.39, 0.29) is 12.4 Å². The molecule has 0 aromatic heterocycles. The van der Waals surface area contributed by atoms with Crippen LogP contribution in [0.3, 0.4) is 0 Å².